The third-order valence-electron chi connectivity index (χ3n) is 2.62. The van der Waals surface area contributed by atoms with E-state index in [1.807, 2.05) is 0 Å². The zero-order valence-electron chi connectivity index (χ0n) is 7.47. The second-order valence-electron chi connectivity index (χ2n) is 4.17. The van der Waals surface area contributed by atoms with Gasteiger partial charge >= 0.3 is 0 Å². The number of rotatable bonds is 2. The Labute approximate surface area is 79.1 Å². The zero-order chi connectivity index (χ0) is 8.55. The number of hydrogen-bond acceptors (Lipinski definition) is 1. The van der Waals surface area contributed by atoms with Crippen molar-refractivity contribution in [1.82, 2.24) is 10.6 Å². The largest absolute Gasteiger partial charge is 0.360 e. The van der Waals surface area contributed by atoms with Crippen LogP contribution >= 0.6 is 12.2 Å². The third-order valence-corrected chi connectivity index (χ3v) is 2.86. The van der Waals surface area contributed by atoms with Gasteiger partial charge in [0.1, 0.15) is 0 Å². The van der Waals surface area contributed by atoms with Crippen LogP contribution in [0.1, 0.15) is 32.6 Å². The van der Waals surface area contributed by atoms with Crippen LogP contribution in [0.3, 0.4) is 0 Å². The molecule has 2 fully saturated rings. The molecule has 0 radical (unpaired) electrons. The van der Waals surface area contributed by atoms with E-state index < -0.39 is 0 Å². The van der Waals surface area contributed by atoms with E-state index >= 15 is 0 Å². The Bertz CT molecular complexity index is 183. The van der Waals surface area contributed by atoms with E-state index in [9.17, 15) is 0 Å². The number of thiocarbonyl (C=S) groups is 1. The highest BCUT2D eigenvalue weighted by atomic mass is 32.1. The van der Waals surface area contributed by atoms with Crippen LogP contribution in [-0.4, -0.2) is 17.2 Å². The lowest BCUT2D eigenvalue weighted by Gasteiger charge is -2.34. The van der Waals surface area contributed by atoms with Gasteiger partial charge in [0.2, 0.25) is 0 Å². The van der Waals surface area contributed by atoms with Crippen molar-refractivity contribution < 1.29 is 0 Å². The third kappa shape index (κ3) is 2.09. The molecule has 2 rings (SSSR count). The Morgan fingerprint density at radius 1 is 1.17 bits per heavy atom. The van der Waals surface area contributed by atoms with Crippen molar-refractivity contribution in [2.45, 2.75) is 44.7 Å². The minimum atomic E-state index is 0.652. The van der Waals surface area contributed by atoms with Crippen molar-refractivity contribution in [2.75, 3.05) is 0 Å². The van der Waals surface area contributed by atoms with Crippen LogP contribution in [0.2, 0.25) is 0 Å². The van der Waals surface area contributed by atoms with Crippen molar-refractivity contribution in [1.29, 1.82) is 0 Å². The molecule has 2 saturated carbocycles. The first-order chi connectivity index (χ1) is 5.74. The monoisotopic (exact) mass is 184 g/mol. The average Bonchev–Trinajstić information content (AvgIpc) is 2.68. The van der Waals surface area contributed by atoms with Gasteiger partial charge in [0.15, 0.2) is 5.11 Å². The molecule has 0 spiro atoms. The SMILES string of the molecule is CC1CC(NC(=S)NC2CC2)C1. The second kappa shape index (κ2) is 3.21. The summed E-state index contributed by atoms with van der Waals surface area (Å²) in [5.74, 6) is 0.895. The molecule has 12 heavy (non-hydrogen) atoms. The molecule has 0 aromatic heterocycles. The van der Waals surface area contributed by atoms with E-state index in [4.69, 9.17) is 12.2 Å². The zero-order valence-corrected chi connectivity index (χ0v) is 8.29. The summed E-state index contributed by atoms with van der Waals surface area (Å²) in [5, 5.41) is 7.50. The summed E-state index contributed by atoms with van der Waals surface area (Å²) in [6.45, 7) is 2.29. The molecule has 3 heteroatoms. The molecule has 2 nitrogen and oxygen atoms in total. The van der Waals surface area contributed by atoms with Crippen LogP contribution in [-0.2, 0) is 0 Å². The Morgan fingerprint density at radius 3 is 2.25 bits per heavy atom. The van der Waals surface area contributed by atoms with Gasteiger partial charge in [0.05, 0.1) is 0 Å². The van der Waals surface area contributed by atoms with Crippen LogP contribution < -0.4 is 10.6 Å². The maximum Gasteiger partial charge on any atom is 0.166 e. The Hall–Kier alpha value is -0.310. The lowest BCUT2D eigenvalue weighted by molar-refractivity contribution is 0.267. The smallest absolute Gasteiger partial charge is 0.166 e. The summed E-state index contributed by atoms with van der Waals surface area (Å²) in [5.41, 5.74) is 0. The van der Waals surface area contributed by atoms with Gasteiger partial charge in [0, 0.05) is 12.1 Å². The predicted octanol–water partition coefficient (Wildman–Crippen LogP) is 1.41. The Morgan fingerprint density at radius 2 is 1.75 bits per heavy atom. The standard InChI is InChI=1S/C9H16N2S/c1-6-4-8(5-6)11-9(12)10-7-2-3-7/h6-8H,2-5H2,1H3,(H2,10,11,12). The predicted molar refractivity (Wildman–Crippen MR) is 54.1 cm³/mol. The molecule has 0 aliphatic heterocycles. The Kier molecular flexibility index (Phi) is 2.22. The van der Waals surface area contributed by atoms with E-state index in [-0.39, 0.29) is 0 Å². The lowest BCUT2D eigenvalue weighted by Crippen LogP contribution is -2.48. The second-order valence-corrected chi connectivity index (χ2v) is 4.57. The molecule has 0 amide bonds. The highest BCUT2D eigenvalue weighted by molar-refractivity contribution is 7.80. The van der Waals surface area contributed by atoms with Gasteiger partial charge in [-0.15, -0.1) is 0 Å². The summed E-state index contributed by atoms with van der Waals surface area (Å²) < 4.78 is 0. The van der Waals surface area contributed by atoms with Gasteiger partial charge in [-0.25, -0.2) is 0 Å². The summed E-state index contributed by atoms with van der Waals surface area (Å²) in [7, 11) is 0. The van der Waals surface area contributed by atoms with Crippen LogP contribution in [0.15, 0.2) is 0 Å². The van der Waals surface area contributed by atoms with Gasteiger partial charge in [-0.2, -0.15) is 0 Å². The maximum absolute atomic E-state index is 5.16. The molecule has 68 valence electrons. The van der Waals surface area contributed by atoms with Gasteiger partial charge in [-0.3, -0.25) is 0 Å². The van der Waals surface area contributed by atoms with Crippen LogP contribution in [0.25, 0.3) is 0 Å². The Balaban J connectivity index is 1.62. The van der Waals surface area contributed by atoms with Gasteiger partial charge < -0.3 is 10.6 Å². The lowest BCUT2D eigenvalue weighted by atomic mass is 9.82. The molecule has 0 heterocycles. The normalized spacial score (nSPS) is 33.8. The van der Waals surface area contributed by atoms with E-state index in [1.54, 1.807) is 0 Å². The molecule has 2 N–H and O–H groups in total. The number of hydrogen-bond donors (Lipinski definition) is 2. The van der Waals surface area contributed by atoms with Crippen molar-refractivity contribution >= 4 is 17.3 Å². The highest BCUT2D eigenvalue weighted by Gasteiger charge is 2.27. The van der Waals surface area contributed by atoms with Gasteiger partial charge in [-0.05, 0) is 43.8 Å². The molecule has 2 aliphatic carbocycles. The van der Waals surface area contributed by atoms with Crippen LogP contribution in [0, 0.1) is 5.92 Å². The number of nitrogens with one attached hydrogen (secondary N) is 2. The first kappa shape index (κ1) is 8.30. The fourth-order valence-corrected chi connectivity index (χ4v) is 1.99. The molecular formula is C9H16N2S. The molecule has 0 atom stereocenters. The van der Waals surface area contributed by atoms with Crippen molar-refractivity contribution in [3.8, 4) is 0 Å². The van der Waals surface area contributed by atoms with E-state index in [1.165, 1.54) is 25.7 Å². The minimum Gasteiger partial charge on any atom is -0.360 e. The summed E-state index contributed by atoms with van der Waals surface area (Å²) in [6, 6.07) is 1.33. The maximum atomic E-state index is 5.16. The molecular weight excluding hydrogens is 168 g/mol. The molecule has 0 bridgehead atoms. The van der Waals surface area contributed by atoms with Crippen LogP contribution in [0.5, 0.6) is 0 Å². The molecule has 0 unspecified atom stereocenters. The van der Waals surface area contributed by atoms with Crippen molar-refractivity contribution in [2.24, 2.45) is 5.92 Å². The quantitative estimate of drug-likeness (QED) is 0.635. The van der Waals surface area contributed by atoms with Crippen molar-refractivity contribution in [3.05, 3.63) is 0 Å². The highest BCUT2D eigenvalue weighted by Crippen LogP contribution is 2.26. The molecule has 0 saturated heterocycles. The van der Waals surface area contributed by atoms with E-state index in [2.05, 4.69) is 17.6 Å². The van der Waals surface area contributed by atoms with Gasteiger partial charge in [-0.1, -0.05) is 6.92 Å². The fraction of sp³-hybridized carbons (Fsp3) is 0.889. The molecule has 2 aliphatic rings. The first-order valence-electron chi connectivity index (χ1n) is 4.81. The van der Waals surface area contributed by atoms with E-state index in [0.717, 1.165) is 11.0 Å². The summed E-state index contributed by atoms with van der Waals surface area (Å²) in [4.78, 5) is 0. The average molecular weight is 184 g/mol. The van der Waals surface area contributed by atoms with E-state index in [0.29, 0.717) is 12.1 Å². The minimum absolute atomic E-state index is 0.652. The topological polar surface area (TPSA) is 24.1 Å². The first-order valence-corrected chi connectivity index (χ1v) is 5.22. The molecule has 0 aromatic rings. The van der Waals surface area contributed by atoms with Crippen molar-refractivity contribution in [3.63, 3.8) is 0 Å². The summed E-state index contributed by atoms with van der Waals surface area (Å²) >= 11 is 5.16. The van der Waals surface area contributed by atoms with Gasteiger partial charge in [0.25, 0.3) is 0 Å². The summed E-state index contributed by atoms with van der Waals surface area (Å²) in [6.07, 6.45) is 5.16. The fourth-order valence-electron chi connectivity index (χ4n) is 1.66. The van der Waals surface area contributed by atoms with Crippen LogP contribution in [0.4, 0.5) is 0 Å². The molecule has 0 aromatic carbocycles.